The van der Waals surface area contributed by atoms with E-state index in [1.54, 1.807) is 0 Å². The van der Waals surface area contributed by atoms with E-state index in [0.717, 1.165) is 0 Å². The van der Waals surface area contributed by atoms with Gasteiger partial charge in [-0.05, 0) is 16.5 Å². The average Bonchev–Trinajstić information content (AvgIpc) is 2.46. The molecule has 0 aromatic heterocycles. The fourth-order valence-electron chi connectivity index (χ4n) is 3.22. The van der Waals surface area contributed by atoms with E-state index in [9.17, 15) is 0 Å². The van der Waals surface area contributed by atoms with Crippen LogP contribution in [0.25, 0.3) is 0 Å². The minimum absolute atomic E-state index is 0.165. The monoisotopic (exact) mass is 211 g/mol. The zero-order valence-electron chi connectivity index (χ0n) is 10.1. The highest BCUT2D eigenvalue weighted by Crippen LogP contribution is 2.59. The van der Waals surface area contributed by atoms with Gasteiger partial charge in [-0.25, -0.2) is 0 Å². The summed E-state index contributed by atoms with van der Waals surface area (Å²) < 4.78 is 0. The van der Waals surface area contributed by atoms with Crippen molar-refractivity contribution < 1.29 is 0 Å². The number of allylic oxidation sites excluding steroid dienone is 1. The van der Waals surface area contributed by atoms with Crippen LogP contribution < -0.4 is 0 Å². The Morgan fingerprint density at radius 2 is 1.88 bits per heavy atom. The zero-order chi connectivity index (χ0) is 11.4. The lowest BCUT2D eigenvalue weighted by molar-refractivity contribution is 0.254. The summed E-state index contributed by atoms with van der Waals surface area (Å²) in [5.41, 5.74) is 3.26. The molecule has 2 aliphatic rings. The third-order valence-corrected chi connectivity index (χ3v) is 4.70. The van der Waals surface area contributed by atoms with Crippen LogP contribution in [0.1, 0.15) is 37.8 Å². The highest BCUT2D eigenvalue weighted by molar-refractivity contribution is 5.76. The fraction of sp³-hybridized carbons (Fsp3) is 0.400. The van der Waals surface area contributed by atoms with Crippen LogP contribution in [0.3, 0.4) is 0 Å². The predicted molar refractivity (Wildman–Crippen MR) is 67.9 cm³/mol. The van der Waals surface area contributed by atoms with Crippen LogP contribution in [-0.4, -0.2) is 6.21 Å². The largest absolute Gasteiger partial charge is 0.269 e. The van der Waals surface area contributed by atoms with Crippen LogP contribution in [0.5, 0.6) is 0 Å². The molecule has 1 aromatic carbocycles. The van der Waals surface area contributed by atoms with Gasteiger partial charge in [-0.2, -0.15) is 0 Å². The molecule has 0 spiro atoms. The number of rotatable bonds is 0. The second-order valence-electron chi connectivity index (χ2n) is 5.59. The van der Waals surface area contributed by atoms with Crippen molar-refractivity contribution in [1.82, 2.24) is 0 Å². The molecule has 1 heterocycles. The molecule has 3 rings (SSSR count). The Labute approximate surface area is 96.9 Å². The maximum atomic E-state index is 4.32. The summed E-state index contributed by atoms with van der Waals surface area (Å²) in [6.45, 7) is 7.03. The lowest BCUT2D eigenvalue weighted by Crippen LogP contribution is -2.37. The highest BCUT2D eigenvalue weighted by Gasteiger charge is 2.53. The van der Waals surface area contributed by atoms with Gasteiger partial charge in [0.25, 0.3) is 0 Å². The molecule has 0 fully saturated rings. The summed E-state index contributed by atoms with van der Waals surface area (Å²) in [5, 5.41) is 0. The van der Waals surface area contributed by atoms with Gasteiger partial charge in [0, 0.05) is 23.7 Å². The van der Waals surface area contributed by atoms with Crippen molar-refractivity contribution in [2.24, 2.45) is 10.4 Å². The van der Waals surface area contributed by atoms with Gasteiger partial charge in [0.2, 0.25) is 0 Å². The SMILES string of the molecule is CC1(C)c2ccccc2C2C=NC=CC21C. The van der Waals surface area contributed by atoms with Gasteiger partial charge in [-0.3, -0.25) is 4.99 Å². The topological polar surface area (TPSA) is 12.4 Å². The molecular weight excluding hydrogens is 194 g/mol. The van der Waals surface area contributed by atoms with E-state index in [4.69, 9.17) is 0 Å². The molecular formula is C15H17N. The summed E-state index contributed by atoms with van der Waals surface area (Å²) in [6.07, 6.45) is 6.33. The van der Waals surface area contributed by atoms with Gasteiger partial charge >= 0.3 is 0 Å². The number of fused-ring (bicyclic) bond motifs is 3. The fourth-order valence-corrected chi connectivity index (χ4v) is 3.22. The molecule has 82 valence electrons. The summed E-state index contributed by atoms with van der Waals surface area (Å²) in [6, 6.07) is 8.79. The summed E-state index contributed by atoms with van der Waals surface area (Å²) in [4.78, 5) is 4.32. The molecule has 1 aromatic rings. The number of benzene rings is 1. The van der Waals surface area contributed by atoms with E-state index in [1.165, 1.54) is 11.1 Å². The van der Waals surface area contributed by atoms with Crippen LogP contribution in [-0.2, 0) is 5.41 Å². The van der Waals surface area contributed by atoms with Crippen LogP contribution in [0.2, 0.25) is 0 Å². The Morgan fingerprint density at radius 1 is 1.12 bits per heavy atom. The Balaban J connectivity index is 2.31. The first-order valence-electron chi connectivity index (χ1n) is 5.88. The molecule has 0 amide bonds. The van der Waals surface area contributed by atoms with E-state index in [-0.39, 0.29) is 10.8 Å². The molecule has 2 unspecified atom stereocenters. The van der Waals surface area contributed by atoms with E-state index in [1.807, 2.05) is 6.20 Å². The molecule has 0 bridgehead atoms. The predicted octanol–water partition coefficient (Wildman–Crippen LogP) is 3.67. The van der Waals surface area contributed by atoms with Gasteiger partial charge in [0.05, 0.1) is 0 Å². The highest BCUT2D eigenvalue weighted by atomic mass is 14.7. The second-order valence-corrected chi connectivity index (χ2v) is 5.59. The van der Waals surface area contributed by atoms with Crippen molar-refractivity contribution in [3.8, 4) is 0 Å². The Kier molecular flexibility index (Phi) is 1.75. The zero-order valence-corrected chi connectivity index (χ0v) is 10.1. The Bertz CT molecular complexity index is 496. The Hall–Kier alpha value is -1.37. The number of aliphatic imine (C=N–C) groups is 1. The normalized spacial score (nSPS) is 33.6. The maximum absolute atomic E-state index is 4.32. The van der Waals surface area contributed by atoms with Crippen LogP contribution in [0, 0.1) is 5.41 Å². The molecule has 1 aliphatic heterocycles. The first-order valence-corrected chi connectivity index (χ1v) is 5.88. The number of hydrogen-bond acceptors (Lipinski definition) is 1. The van der Waals surface area contributed by atoms with Gasteiger partial charge in [0.15, 0.2) is 0 Å². The van der Waals surface area contributed by atoms with Crippen molar-refractivity contribution in [2.45, 2.75) is 32.1 Å². The summed E-state index contributed by atoms with van der Waals surface area (Å²) in [5.74, 6) is 0.434. The van der Waals surface area contributed by atoms with Crippen molar-refractivity contribution in [3.05, 3.63) is 47.7 Å². The van der Waals surface area contributed by atoms with E-state index < -0.39 is 0 Å². The molecule has 16 heavy (non-hydrogen) atoms. The van der Waals surface area contributed by atoms with Gasteiger partial charge in [-0.1, -0.05) is 51.1 Å². The smallest absolute Gasteiger partial charge is 0.0293 e. The number of hydrogen-bond donors (Lipinski definition) is 0. The first kappa shape index (κ1) is 9.83. The van der Waals surface area contributed by atoms with E-state index in [2.05, 4.69) is 62.3 Å². The lowest BCUT2D eigenvalue weighted by Gasteiger charge is -2.40. The first-order chi connectivity index (χ1) is 7.57. The van der Waals surface area contributed by atoms with E-state index in [0.29, 0.717) is 5.92 Å². The minimum atomic E-state index is 0.165. The third kappa shape index (κ3) is 0.940. The average molecular weight is 211 g/mol. The molecule has 0 N–H and O–H groups in total. The standard InChI is InChI=1S/C15H17N/c1-14(2)12-7-5-4-6-11(12)13-10-16-9-8-15(13,14)3/h4-10,13H,1-3H3. The molecule has 1 nitrogen and oxygen atoms in total. The van der Waals surface area contributed by atoms with Gasteiger partial charge < -0.3 is 0 Å². The van der Waals surface area contributed by atoms with Crippen LogP contribution in [0.4, 0.5) is 0 Å². The second kappa shape index (κ2) is 2.85. The molecule has 0 saturated carbocycles. The Morgan fingerprint density at radius 3 is 2.69 bits per heavy atom. The van der Waals surface area contributed by atoms with Gasteiger partial charge in [-0.15, -0.1) is 0 Å². The summed E-state index contributed by atoms with van der Waals surface area (Å²) >= 11 is 0. The number of nitrogens with zero attached hydrogens (tertiary/aromatic N) is 1. The molecule has 2 atom stereocenters. The van der Waals surface area contributed by atoms with Crippen LogP contribution >= 0.6 is 0 Å². The van der Waals surface area contributed by atoms with Crippen molar-refractivity contribution in [3.63, 3.8) is 0 Å². The van der Waals surface area contributed by atoms with Gasteiger partial charge in [0.1, 0.15) is 0 Å². The summed E-state index contributed by atoms with van der Waals surface area (Å²) in [7, 11) is 0. The van der Waals surface area contributed by atoms with Crippen molar-refractivity contribution >= 4 is 6.21 Å². The third-order valence-electron chi connectivity index (χ3n) is 4.70. The van der Waals surface area contributed by atoms with Crippen molar-refractivity contribution in [2.75, 3.05) is 0 Å². The van der Waals surface area contributed by atoms with E-state index >= 15 is 0 Å². The molecule has 0 radical (unpaired) electrons. The molecule has 0 saturated heterocycles. The molecule has 1 heteroatoms. The van der Waals surface area contributed by atoms with Crippen molar-refractivity contribution in [1.29, 1.82) is 0 Å². The van der Waals surface area contributed by atoms with Crippen LogP contribution in [0.15, 0.2) is 41.5 Å². The lowest BCUT2D eigenvalue weighted by atomic mass is 9.63. The maximum Gasteiger partial charge on any atom is 0.0293 e. The quantitative estimate of drug-likeness (QED) is 0.621. The molecule has 1 aliphatic carbocycles. The minimum Gasteiger partial charge on any atom is -0.269 e.